The molecule has 2 aromatic carbocycles. The fourth-order valence-electron chi connectivity index (χ4n) is 2.87. The molecule has 0 atom stereocenters. The van der Waals surface area contributed by atoms with Gasteiger partial charge >= 0.3 is 0 Å². The van der Waals surface area contributed by atoms with Crippen LogP contribution < -0.4 is 0 Å². The molecule has 0 saturated carbocycles. The van der Waals surface area contributed by atoms with Gasteiger partial charge in [-0.25, -0.2) is 0 Å². The van der Waals surface area contributed by atoms with Crippen molar-refractivity contribution in [3.8, 4) is 0 Å². The number of aliphatic hydroxyl groups is 2. The van der Waals surface area contributed by atoms with Crippen molar-refractivity contribution in [2.24, 2.45) is 0 Å². The third-order valence-electron chi connectivity index (χ3n) is 4.09. The van der Waals surface area contributed by atoms with E-state index in [1.165, 1.54) is 5.57 Å². The van der Waals surface area contributed by atoms with Gasteiger partial charge in [-0.15, -0.1) is 0 Å². The highest BCUT2D eigenvalue weighted by molar-refractivity contribution is 5.74. The van der Waals surface area contributed by atoms with E-state index in [0.717, 1.165) is 24.0 Å². The summed E-state index contributed by atoms with van der Waals surface area (Å²) in [6.07, 6.45) is 3.84. The molecule has 0 aromatic heterocycles. The average Bonchev–Trinajstić information content (AvgIpc) is 2.56. The lowest BCUT2D eigenvalue weighted by atomic mass is 9.87. The average molecular weight is 322 g/mol. The van der Waals surface area contributed by atoms with Gasteiger partial charge in [-0.05, 0) is 39.2 Å². The molecular formula is C22H26O2. The Morgan fingerprint density at radius 2 is 1.42 bits per heavy atom. The van der Waals surface area contributed by atoms with Gasteiger partial charge in [0.1, 0.15) is 0 Å². The van der Waals surface area contributed by atoms with Crippen molar-refractivity contribution < 1.29 is 10.2 Å². The number of hydrogen-bond donors (Lipinski definition) is 2. The molecule has 2 rings (SSSR count). The molecule has 0 aliphatic heterocycles. The van der Waals surface area contributed by atoms with Crippen LogP contribution in [0.5, 0.6) is 0 Å². The largest absolute Gasteiger partial charge is 0.358 e. The summed E-state index contributed by atoms with van der Waals surface area (Å²) in [4.78, 5) is 0. The lowest BCUT2D eigenvalue weighted by molar-refractivity contribution is -0.115. The first-order chi connectivity index (χ1) is 11.4. The van der Waals surface area contributed by atoms with Crippen LogP contribution >= 0.6 is 0 Å². The predicted molar refractivity (Wildman–Crippen MR) is 100 cm³/mol. The molecule has 0 saturated heterocycles. The van der Waals surface area contributed by atoms with Crippen molar-refractivity contribution in [2.45, 2.75) is 39.4 Å². The Kier molecular flexibility index (Phi) is 6.13. The molecule has 0 fully saturated rings. The molecule has 0 aliphatic rings. The smallest absolute Gasteiger partial charge is 0.217 e. The third kappa shape index (κ3) is 4.44. The van der Waals surface area contributed by atoms with Gasteiger partial charge in [0, 0.05) is 11.1 Å². The lowest BCUT2D eigenvalue weighted by Gasteiger charge is -2.28. The molecule has 0 heterocycles. The second-order valence-electron chi connectivity index (χ2n) is 6.38. The summed E-state index contributed by atoms with van der Waals surface area (Å²) in [5.41, 5.74) is 4.13. The van der Waals surface area contributed by atoms with E-state index in [2.05, 4.69) is 19.9 Å². The van der Waals surface area contributed by atoms with E-state index in [1.54, 1.807) is 12.1 Å². The first-order valence-corrected chi connectivity index (χ1v) is 8.32. The zero-order valence-electron chi connectivity index (χ0n) is 14.7. The second-order valence-corrected chi connectivity index (χ2v) is 6.38. The van der Waals surface area contributed by atoms with Gasteiger partial charge in [0.2, 0.25) is 5.79 Å². The fraction of sp³-hybridized carbons (Fsp3) is 0.273. The molecule has 0 unspecified atom stereocenters. The fourth-order valence-corrected chi connectivity index (χ4v) is 2.87. The number of benzene rings is 2. The number of allylic oxidation sites excluding steroid dienone is 3. The Labute approximate surface area is 144 Å². The van der Waals surface area contributed by atoms with Crippen LogP contribution in [-0.4, -0.2) is 10.2 Å². The second kappa shape index (κ2) is 8.09. The highest BCUT2D eigenvalue weighted by Crippen LogP contribution is 2.37. The van der Waals surface area contributed by atoms with E-state index in [9.17, 15) is 10.2 Å². The molecule has 24 heavy (non-hydrogen) atoms. The van der Waals surface area contributed by atoms with Crippen molar-refractivity contribution in [3.63, 3.8) is 0 Å². The summed E-state index contributed by atoms with van der Waals surface area (Å²) >= 11 is 0. The molecule has 2 heteroatoms. The molecule has 0 bridgehead atoms. The van der Waals surface area contributed by atoms with Gasteiger partial charge in [-0.1, -0.05) is 77.9 Å². The zero-order chi connectivity index (χ0) is 17.6. The van der Waals surface area contributed by atoms with E-state index in [4.69, 9.17) is 0 Å². The number of rotatable bonds is 6. The van der Waals surface area contributed by atoms with Crippen molar-refractivity contribution in [3.05, 3.63) is 89.0 Å². The minimum absolute atomic E-state index is 0.477. The van der Waals surface area contributed by atoms with Crippen LogP contribution in [0.1, 0.15) is 44.7 Å². The van der Waals surface area contributed by atoms with Crippen LogP contribution in [0.4, 0.5) is 0 Å². The number of hydrogen-bond acceptors (Lipinski definition) is 2. The summed E-state index contributed by atoms with van der Waals surface area (Å²) in [7, 11) is 0. The molecule has 2 N–H and O–H groups in total. The summed E-state index contributed by atoms with van der Waals surface area (Å²) in [6.45, 7) is 6.12. The van der Waals surface area contributed by atoms with Crippen LogP contribution in [-0.2, 0) is 5.79 Å². The van der Waals surface area contributed by atoms with Gasteiger partial charge in [-0.2, -0.15) is 0 Å². The van der Waals surface area contributed by atoms with E-state index in [-0.39, 0.29) is 0 Å². The molecule has 0 radical (unpaired) electrons. The third-order valence-corrected chi connectivity index (χ3v) is 4.09. The van der Waals surface area contributed by atoms with Crippen LogP contribution in [0.15, 0.2) is 77.9 Å². The maximum atomic E-state index is 11.0. The van der Waals surface area contributed by atoms with Crippen molar-refractivity contribution in [1.82, 2.24) is 0 Å². The van der Waals surface area contributed by atoms with E-state index >= 15 is 0 Å². The van der Waals surface area contributed by atoms with Gasteiger partial charge in [0.15, 0.2) is 0 Å². The molecule has 0 spiro atoms. The predicted octanol–water partition coefficient (Wildman–Crippen LogP) is 5.04. The maximum absolute atomic E-state index is 11.0. The summed E-state index contributed by atoms with van der Waals surface area (Å²) < 4.78 is 0. The highest BCUT2D eigenvalue weighted by atomic mass is 16.5. The first-order valence-electron chi connectivity index (χ1n) is 8.32. The summed E-state index contributed by atoms with van der Waals surface area (Å²) in [5.74, 6) is -2.02. The quantitative estimate of drug-likeness (QED) is 0.577. The van der Waals surface area contributed by atoms with Crippen LogP contribution in [0, 0.1) is 0 Å². The molecular weight excluding hydrogens is 296 g/mol. The molecule has 0 amide bonds. The minimum Gasteiger partial charge on any atom is -0.358 e. The van der Waals surface area contributed by atoms with Gasteiger partial charge in [0.05, 0.1) is 0 Å². The minimum atomic E-state index is -2.02. The molecule has 0 aliphatic carbocycles. The van der Waals surface area contributed by atoms with Crippen LogP contribution in [0.2, 0.25) is 0 Å². The molecule has 2 nitrogen and oxygen atoms in total. The molecule has 2 aromatic rings. The molecule has 126 valence electrons. The lowest BCUT2D eigenvalue weighted by Crippen LogP contribution is -2.28. The monoisotopic (exact) mass is 322 g/mol. The van der Waals surface area contributed by atoms with E-state index < -0.39 is 5.79 Å². The highest BCUT2D eigenvalue weighted by Gasteiger charge is 2.33. The SMILES string of the molecule is CC(C)=CCC/C(C)=C(\c1ccccc1)C(O)(O)c1ccccc1. The Bertz CT molecular complexity index is 706. The van der Waals surface area contributed by atoms with E-state index in [0.29, 0.717) is 11.1 Å². The summed E-state index contributed by atoms with van der Waals surface area (Å²) in [5, 5.41) is 21.9. The van der Waals surface area contributed by atoms with Crippen molar-refractivity contribution in [2.75, 3.05) is 0 Å². The Hall–Kier alpha value is -2.16. The zero-order valence-corrected chi connectivity index (χ0v) is 14.7. The van der Waals surface area contributed by atoms with E-state index in [1.807, 2.05) is 55.5 Å². The Morgan fingerprint density at radius 3 is 1.96 bits per heavy atom. The Balaban J connectivity index is 2.49. The van der Waals surface area contributed by atoms with Crippen LogP contribution in [0.25, 0.3) is 5.57 Å². The van der Waals surface area contributed by atoms with Gasteiger partial charge < -0.3 is 10.2 Å². The van der Waals surface area contributed by atoms with Crippen LogP contribution in [0.3, 0.4) is 0 Å². The van der Waals surface area contributed by atoms with Gasteiger partial charge in [-0.3, -0.25) is 0 Å². The van der Waals surface area contributed by atoms with Crippen molar-refractivity contribution >= 4 is 5.57 Å². The first kappa shape index (κ1) is 18.2. The van der Waals surface area contributed by atoms with Crippen molar-refractivity contribution in [1.29, 1.82) is 0 Å². The topological polar surface area (TPSA) is 40.5 Å². The standard InChI is InChI=1S/C22H26O2/c1-17(2)11-10-12-18(3)21(19-13-6-4-7-14-19)22(23,24)20-15-8-5-9-16-20/h4-9,11,13-16,23-24H,10,12H2,1-3H3/b21-18+. The normalized spacial score (nSPS) is 12.5. The maximum Gasteiger partial charge on any atom is 0.217 e. The summed E-state index contributed by atoms with van der Waals surface area (Å²) in [6, 6.07) is 18.6. The van der Waals surface area contributed by atoms with Gasteiger partial charge in [0.25, 0.3) is 0 Å². The Morgan fingerprint density at radius 1 is 0.875 bits per heavy atom.